The third kappa shape index (κ3) is 7.10. The average Bonchev–Trinajstić information content (AvgIpc) is 3.98. The Morgan fingerprint density at radius 2 is 0.721 bits per heavy atom. The van der Waals surface area contributed by atoms with Crippen molar-refractivity contribution in [2.75, 3.05) is 9.80 Å². The van der Waals surface area contributed by atoms with Crippen molar-refractivity contribution in [2.45, 2.75) is 0 Å². The zero-order chi connectivity index (χ0) is 45.0. The van der Waals surface area contributed by atoms with E-state index in [1.807, 2.05) is 22.7 Å². The standard InChI is InChI=1S/C64H42N2S2/c1-3-16-43(17-4-1)44-32-35-51(36-33-44)66(60-29-15-27-57-55-25-9-12-31-62(55)68-64(57)60)53-40-49(47-21-13-20-46(38-47)48-34-37-63-58(41-48)56-26-10-11-30-61(56)67-63)39-52(42-53)65(50-22-5-2-6-23-50)59-28-14-19-45-18-7-8-24-54(45)59/h1-42H. The van der Waals surface area contributed by atoms with Gasteiger partial charge in [0.15, 0.2) is 0 Å². The SMILES string of the molecule is c1ccc(-c2ccc(N(c3cc(-c4cccc(-c5ccc6sc7ccccc7c6c5)c4)cc(N(c4ccccc4)c4cccc5ccccc45)c3)c3cccc4c3sc3ccccc34)cc2)cc1. The highest BCUT2D eigenvalue weighted by molar-refractivity contribution is 7.26. The molecule has 0 saturated carbocycles. The van der Waals surface area contributed by atoms with Crippen molar-refractivity contribution < 1.29 is 0 Å². The molecule has 0 atom stereocenters. The molecule has 0 aliphatic carbocycles. The maximum absolute atomic E-state index is 2.48. The molecule has 0 N–H and O–H groups in total. The molecular formula is C64H42N2S2. The molecule has 2 aromatic heterocycles. The summed E-state index contributed by atoms with van der Waals surface area (Å²) in [6.45, 7) is 0. The fraction of sp³-hybridized carbons (Fsp3) is 0. The maximum Gasteiger partial charge on any atom is 0.0640 e. The predicted octanol–water partition coefficient (Wildman–Crippen LogP) is 19.5. The number of hydrogen-bond acceptors (Lipinski definition) is 4. The Hall–Kier alpha value is -8.28. The lowest BCUT2D eigenvalue weighted by atomic mass is 9.96. The van der Waals surface area contributed by atoms with Crippen LogP contribution in [-0.4, -0.2) is 0 Å². The lowest BCUT2D eigenvalue weighted by Crippen LogP contribution is -2.14. The molecule has 0 aliphatic heterocycles. The summed E-state index contributed by atoms with van der Waals surface area (Å²) in [5.41, 5.74) is 13.6. The van der Waals surface area contributed by atoms with Gasteiger partial charge in [-0.2, -0.15) is 0 Å². The van der Waals surface area contributed by atoms with E-state index in [9.17, 15) is 0 Å². The predicted molar refractivity (Wildman–Crippen MR) is 295 cm³/mol. The number of benzene rings is 11. The van der Waals surface area contributed by atoms with E-state index >= 15 is 0 Å². The van der Waals surface area contributed by atoms with Gasteiger partial charge < -0.3 is 9.80 Å². The molecule has 2 heterocycles. The second kappa shape index (κ2) is 16.9. The first-order valence-corrected chi connectivity index (χ1v) is 24.7. The normalized spacial score (nSPS) is 11.5. The van der Waals surface area contributed by atoms with Crippen LogP contribution >= 0.6 is 22.7 Å². The van der Waals surface area contributed by atoms with Gasteiger partial charge in [-0.05, 0) is 124 Å². The summed E-state index contributed by atoms with van der Waals surface area (Å²) < 4.78 is 5.15. The second-order valence-corrected chi connectivity index (χ2v) is 19.4. The molecule has 0 radical (unpaired) electrons. The van der Waals surface area contributed by atoms with Crippen LogP contribution in [0.3, 0.4) is 0 Å². The molecule has 0 spiro atoms. The first-order chi connectivity index (χ1) is 33.7. The van der Waals surface area contributed by atoms with Crippen molar-refractivity contribution in [2.24, 2.45) is 0 Å². The first kappa shape index (κ1) is 40.0. The number of fused-ring (bicyclic) bond motifs is 7. The monoisotopic (exact) mass is 902 g/mol. The molecule has 13 rings (SSSR count). The van der Waals surface area contributed by atoms with Gasteiger partial charge >= 0.3 is 0 Å². The van der Waals surface area contributed by atoms with Gasteiger partial charge in [-0.25, -0.2) is 0 Å². The molecule has 0 fully saturated rings. The number of para-hydroxylation sites is 1. The van der Waals surface area contributed by atoms with Crippen molar-refractivity contribution in [1.29, 1.82) is 0 Å². The molecule has 0 saturated heterocycles. The topological polar surface area (TPSA) is 6.48 Å². The summed E-state index contributed by atoms with van der Waals surface area (Å²) in [4.78, 5) is 4.91. The van der Waals surface area contributed by atoms with Crippen LogP contribution in [0, 0.1) is 0 Å². The van der Waals surface area contributed by atoms with E-state index in [-0.39, 0.29) is 0 Å². The molecule has 320 valence electrons. The molecule has 68 heavy (non-hydrogen) atoms. The van der Waals surface area contributed by atoms with Gasteiger partial charge in [0.2, 0.25) is 0 Å². The fourth-order valence-electron chi connectivity index (χ4n) is 9.98. The highest BCUT2D eigenvalue weighted by Crippen LogP contribution is 2.49. The number of hydrogen-bond donors (Lipinski definition) is 0. The zero-order valence-electron chi connectivity index (χ0n) is 37.0. The van der Waals surface area contributed by atoms with Crippen LogP contribution in [0.1, 0.15) is 0 Å². The number of thiophene rings is 2. The van der Waals surface area contributed by atoms with Gasteiger partial charge in [-0.3, -0.25) is 0 Å². The van der Waals surface area contributed by atoms with Gasteiger partial charge in [-0.1, -0.05) is 170 Å². The van der Waals surface area contributed by atoms with Crippen LogP contribution in [-0.2, 0) is 0 Å². The highest BCUT2D eigenvalue weighted by Gasteiger charge is 2.23. The van der Waals surface area contributed by atoms with Crippen LogP contribution in [0.4, 0.5) is 34.1 Å². The molecule has 0 unspecified atom stereocenters. The van der Waals surface area contributed by atoms with Gasteiger partial charge in [0, 0.05) is 63.8 Å². The Bertz CT molecular complexity index is 3980. The summed E-state index contributed by atoms with van der Waals surface area (Å²) >= 11 is 3.72. The molecule has 2 nitrogen and oxygen atoms in total. The third-order valence-corrected chi connectivity index (χ3v) is 15.6. The van der Waals surface area contributed by atoms with E-state index in [1.54, 1.807) is 0 Å². The lowest BCUT2D eigenvalue weighted by molar-refractivity contribution is 1.26. The van der Waals surface area contributed by atoms with Crippen LogP contribution in [0.2, 0.25) is 0 Å². The number of nitrogens with zero attached hydrogens (tertiary/aromatic N) is 2. The Kier molecular flexibility index (Phi) is 9.93. The summed E-state index contributed by atoms with van der Waals surface area (Å²) in [5, 5.41) is 7.53. The Balaban J connectivity index is 1.06. The minimum absolute atomic E-state index is 1.06. The molecule has 0 amide bonds. The van der Waals surface area contributed by atoms with E-state index in [4.69, 9.17) is 0 Å². The summed E-state index contributed by atoms with van der Waals surface area (Å²) in [6.07, 6.45) is 0. The average molecular weight is 903 g/mol. The van der Waals surface area contributed by atoms with Gasteiger partial charge in [0.05, 0.1) is 16.1 Å². The Morgan fingerprint density at radius 1 is 0.235 bits per heavy atom. The summed E-state index contributed by atoms with van der Waals surface area (Å²) in [6, 6.07) is 93.4. The van der Waals surface area contributed by atoms with E-state index in [1.165, 1.54) is 73.4 Å². The van der Waals surface area contributed by atoms with E-state index in [2.05, 4.69) is 265 Å². The van der Waals surface area contributed by atoms with E-state index in [0.717, 1.165) is 45.3 Å². The molecule has 4 heteroatoms. The summed E-state index contributed by atoms with van der Waals surface area (Å²) in [5.74, 6) is 0. The fourth-order valence-corrected chi connectivity index (χ4v) is 12.3. The minimum Gasteiger partial charge on any atom is -0.310 e. The van der Waals surface area contributed by atoms with Crippen molar-refractivity contribution in [3.63, 3.8) is 0 Å². The first-order valence-electron chi connectivity index (χ1n) is 23.1. The smallest absolute Gasteiger partial charge is 0.0640 e. The van der Waals surface area contributed by atoms with Crippen molar-refractivity contribution in [3.05, 3.63) is 255 Å². The van der Waals surface area contributed by atoms with Gasteiger partial charge in [0.25, 0.3) is 0 Å². The largest absolute Gasteiger partial charge is 0.310 e. The molecular weight excluding hydrogens is 861 g/mol. The van der Waals surface area contributed by atoms with Crippen molar-refractivity contribution >= 4 is 108 Å². The van der Waals surface area contributed by atoms with Crippen LogP contribution in [0.5, 0.6) is 0 Å². The third-order valence-electron chi connectivity index (χ3n) is 13.2. The quantitative estimate of drug-likeness (QED) is 0.142. The molecule has 0 bridgehead atoms. The van der Waals surface area contributed by atoms with Crippen LogP contribution in [0.25, 0.3) is 84.5 Å². The Labute approximate surface area is 403 Å². The van der Waals surface area contributed by atoms with Crippen molar-refractivity contribution in [1.82, 2.24) is 0 Å². The lowest BCUT2D eigenvalue weighted by Gasteiger charge is -2.31. The second-order valence-electron chi connectivity index (χ2n) is 17.3. The van der Waals surface area contributed by atoms with Gasteiger partial charge in [-0.15, -0.1) is 22.7 Å². The molecule has 11 aromatic carbocycles. The van der Waals surface area contributed by atoms with Crippen LogP contribution in [0.15, 0.2) is 255 Å². The van der Waals surface area contributed by atoms with Gasteiger partial charge in [0.1, 0.15) is 0 Å². The Morgan fingerprint density at radius 3 is 1.50 bits per heavy atom. The number of rotatable bonds is 9. The van der Waals surface area contributed by atoms with Crippen LogP contribution < -0.4 is 9.80 Å². The number of anilines is 6. The minimum atomic E-state index is 1.06. The molecule has 0 aliphatic rings. The van der Waals surface area contributed by atoms with E-state index < -0.39 is 0 Å². The zero-order valence-corrected chi connectivity index (χ0v) is 38.6. The van der Waals surface area contributed by atoms with Crippen molar-refractivity contribution in [3.8, 4) is 33.4 Å². The maximum atomic E-state index is 2.48. The van der Waals surface area contributed by atoms with E-state index in [0.29, 0.717) is 0 Å². The molecule has 13 aromatic rings. The summed E-state index contributed by atoms with van der Waals surface area (Å²) in [7, 11) is 0. The highest BCUT2D eigenvalue weighted by atomic mass is 32.1.